The monoisotopic (exact) mass is 361 g/mol. The Balaban J connectivity index is 2.17. The minimum atomic E-state index is -0.909. The van der Waals surface area contributed by atoms with Gasteiger partial charge in [0.25, 0.3) is 5.91 Å². The van der Waals surface area contributed by atoms with Gasteiger partial charge in [0.05, 0.1) is 12.0 Å². The van der Waals surface area contributed by atoms with E-state index in [0.717, 1.165) is 10.0 Å². The summed E-state index contributed by atoms with van der Waals surface area (Å²) in [7, 11) is 0. The second kappa shape index (κ2) is 6.24. The highest BCUT2D eigenvalue weighted by molar-refractivity contribution is 9.10. The molecular formula is C13H16BrNO4S. The summed E-state index contributed by atoms with van der Waals surface area (Å²) in [4.78, 5) is 24.0. The van der Waals surface area contributed by atoms with Crippen molar-refractivity contribution in [1.82, 2.24) is 5.32 Å². The number of nitrogens with one attached hydrogen (secondary N) is 1. The molecule has 1 fully saturated rings. The highest BCUT2D eigenvalue weighted by Gasteiger charge is 2.37. The Morgan fingerprint density at radius 1 is 1.50 bits per heavy atom. The third-order valence-electron chi connectivity index (χ3n) is 3.42. The number of ether oxygens (including phenoxy) is 1. The number of carboxylic acid groups (broad SMARTS) is 1. The third kappa shape index (κ3) is 3.39. The zero-order valence-corrected chi connectivity index (χ0v) is 13.5. The first kappa shape index (κ1) is 15.5. The molecule has 2 rings (SSSR count). The van der Waals surface area contributed by atoms with Crippen molar-refractivity contribution in [2.24, 2.45) is 0 Å². The van der Waals surface area contributed by atoms with Crippen LogP contribution in [-0.2, 0) is 9.53 Å². The van der Waals surface area contributed by atoms with E-state index < -0.39 is 11.5 Å². The Hall–Kier alpha value is -0.920. The molecule has 0 bridgehead atoms. The minimum absolute atomic E-state index is 0.0793. The van der Waals surface area contributed by atoms with E-state index in [0.29, 0.717) is 30.9 Å². The molecule has 1 amide bonds. The number of carbonyl (C=O) groups excluding carboxylic acids is 1. The lowest BCUT2D eigenvalue weighted by Gasteiger charge is -2.36. The normalized spacial score (nSPS) is 17.7. The van der Waals surface area contributed by atoms with E-state index in [4.69, 9.17) is 9.84 Å². The van der Waals surface area contributed by atoms with Gasteiger partial charge < -0.3 is 15.2 Å². The molecule has 0 aromatic carbocycles. The van der Waals surface area contributed by atoms with Crippen LogP contribution in [0.25, 0.3) is 0 Å². The first-order chi connectivity index (χ1) is 9.43. The number of aryl methyl sites for hydroxylation is 1. The number of amides is 1. The molecule has 0 radical (unpaired) electrons. The van der Waals surface area contributed by atoms with E-state index in [-0.39, 0.29) is 12.3 Å². The van der Waals surface area contributed by atoms with Crippen molar-refractivity contribution in [3.63, 3.8) is 0 Å². The van der Waals surface area contributed by atoms with E-state index in [1.807, 2.05) is 12.3 Å². The summed E-state index contributed by atoms with van der Waals surface area (Å²) in [6.07, 6.45) is 0.962. The number of hydrogen-bond acceptors (Lipinski definition) is 4. The standard InChI is InChI=1S/C13H16BrNO4S/c1-8-7-20-11(10(8)14)12(18)15-13(6-9(16)17)2-4-19-5-3-13/h7H,2-6H2,1H3,(H,15,18)(H,16,17). The molecule has 20 heavy (non-hydrogen) atoms. The number of thiophene rings is 1. The summed E-state index contributed by atoms with van der Waals surface area (Å²) in [6, 6.07) is 0. The molecule has 0 spiro atoms. The lowest BCUT2D eigenvalue weighted by molar-refractivity contribution is -0.139. The van der Waals surface area contributed by atoms with Gasteiger partial charge in [-0.2, -0.15) is 0 Å². The van der Waals surface area contributed by atoms with Crippen molar-refractivity contribution < 1.29 is 19.4 Å². The summed E-state index contributed by atoms with van der Waals surface area (Å²) in [5.41, 5.74) is 0.290. The molecule has 110 valence electrons. The SMILES string of the molecule is Cc1csc(C(=O)NC2(CC(=O)O)CCOCC2)c1Br. The predicted molar refractivity (Wildman–Crippen MR) is 79.3 cm³/mol. The fraction of sp³-hybridized carbons (Fsp3) is 0.538. The first-order valence-corrected chi connectivity index (χ1v) is 7.96. The van der Waals surface area contributed by atoms with Crippen LogP contribution < -0.4 is 5.32 Å². The van der Waals surface area contributed by atoms with Gasteiger partial charge in [0.15, 0.2) is 0 Å². The Bertz CT molecular complexity index is 522. The van der Waals surface area contributed by atoms with Gasteiger partial charge >= 0.3 is 5.97 Å². The van der Waals surface area contributed by atoms with E-state index in [2.05, 4.69) is 21.2 Å². The van der Waals surface area contributed by atoms with Gasteiger partial charge in [-0.25, -0.2) is 0 Å². The zero-order valence-electron chi connectivity index (χ0n) is 11.1. The molecule has 0 unspecified atom stereocenters. The van der Waals surface area contributed by atoms with Crippen molar-refractivity contribution in [3.05, 3.63) is 20.3 Å². The Morgan fingerprint density at radius 2 is 2.15 bits per heavy atom. The van der Waals surface area contributed by atoms with Gasteiger partial charge in [-0.15, -0.1) is 11.3 Å². The Morgan fingerprint density at radius 3 is 2.65 bits per heavy atom. The summed E-state index contributed by atoms with van der Waals surface area (Å²) in [6.45, 7) is 2.86. The molecule has 2 N–H and O–H groups in total. The second-order valence-electron chi connectivity index (χ2n) is 4.98. The lowest BCUT2D eigenvalue weighted by atomic mass is 9.86. The van der Waals surface area contributed by atoms with Crippen LogP contribution >= 0.6 is 27.3 Å². The van der Waals surface area contributed by atoms with Gasteiger partial charge in [-0.3, -0.25) is 9.59 Å². The highest BCUT2D eigenvalue weighted by Crippen LogP contribution is 2.30. The largest absolute Gasteiger partial charge is 0.481 e. The molecule has 1 aliphatic heterocycles. The molecule has 2 heterocycles. The van der Waals surface area contributed by atoms with Crippen molar-refractivity contribution in [2.75, 3.05) is 13.2 Å². The zero-order chi connectivity index (χ0) is 14.8. The molecule has 1 aliphatic rings. The molecule has 5 nitrogen and oxygen atoms in total. The van der Waals surface area contributed by atoms with Crippen LogP contribution in [0.5, 0.6) is 0 Å². The molecule has 0 saturated carbocycles. The highest BCUT2D eigenvalue weighted by atomic mass is 79.9. The van der Waals surface area contributed by atoms with E-state index >= 15 is 0 Å². The predicted octanol–water partition coefficient (Wildman–Crippen LogP) is 2.57. The van der Waals surface area contributed by atoms with Crippen molar-refractivity contribution in [2.45, 2.75) is 31.7 Å². The quantitative estimate of drug-likeness (QED) is 0.863. The third-order valence-corrected chi connectivity index (χ3v) is 5.80. The maximum atomic E-state index is 12.4. The maximum absolute atomic E-state index is 12.4. The molecule has 1 aromatic rings. The lowest BCUT2D eigenvalue weighted by Crippen LogP contribution is -2.53. The summed E-state index contributed by atoms with van der Waals surface area (Å²) in [5.74, 6) is -1.13. The van der Waals surface area contributed by atoms with E-state index in [1.54, 1.807) is 0 Å². The smallest absolute Gasteiger partial charge is 0.305 e. The van der Waals surface area contributed by atoms with Crippen molar-refractivity contribution in [1.29, 1.82) is 0 Å². The van der Waals surface area contributed by atoms with Crippen LogP contribution in [0.2, 0.25) is 0 Å². The van der Waals surface area contributed by atoms with Gasteiger partial charge in [0.1, 0.15) is 4.88 Å². The average Bonchev–Trinajstić information content (AvgIpc) is 2.70. The summed E-state index contributed by atoms with van der Waals surface area (Å²) < 4.78 is 6.05. The van der Waals surface area contributed by atoms with Crippen LogP contribution in [0, 0.1) is 6.92 Å². The topological polar surface area (TPSA) is 75.6 Å². The van der Waals surface area contributed by atoms with Crippen LogP contribution in [0.4, 0.5) is 0 Å². The Kier molecular flexibility index (Phi) is 4.82. The fourth-order valence-electron chi connectivity index (χ4n) is 2.28. The van der Waals surface area contributed by atoms with Crippen LogP contribution in [0.15, 0.2) is 9.85 Å². The van der Waals surface area contributed by atoms with E-state index in [1.165, 1.54) is 11.3 Å². The van der Waals surface area contributed by atoms with E-state index in [9.17, 15) is 9.59 Å². The number of aliphatic carboxylic acids is 1. The van der Waals surface area contributed by atoms with Gasteiger partial charge in [0, 0.05) is 17.7 Å². The summed E-state index contributed by atoms with van der Waals surface area (Å²) in [5, 5.41) is 13.9. The number of carboxylic acids is 1. The van der Waals surface area contributed by atoms with Gasteiger partial charge in [-0.1, -0.05) is 0 Å². The second-order valence-corrected chi connectivity index (χ2v) is 6.65. The first-order valence-electron chi connectivity index (χ1n) is 6.29. The molecule has 1 saturated heterocycles. The van der Waals surface area contributed by atoms with Crippen LogP contribution in [-0.4, -0.2) is 35.7 Å². The molecule has 0 aliphatic carbocycles. The minimum Gasteiger partial charge on any atom is -0.481 e. The van der Waals surface area contributed by atoms with Crippen LogP contribution in [0.1, 0.15) is 34.5 Å². The molecule has 7 heteroatoms. The summed E-state index contributed by atoms with van der Waals surface area (Å²) >= 11 is 4.75. The van der Waals surface area contributed by atoms with Crippen molar-refractivity contribution in [3.8, 4) is 0 Å². The maximum Gasteiger partial charge on any atom is 0.305 e. The Labute approximate surface area is 129 Å². The molecule has 0 atom stereocenters. The molecule has 1 aromatic heterocycles. The van der Waals surface area contributed by atoms with Crippen molar-refractivity contribution >= 4 is 39.1 Å². The number of hydrogen-bond donors (Lipinski definition) is 2. The number of halogens is 1. The van der Waals surface area contributed by atoms with Gasteiger partial charge in [-0.05, 0) is 46.6 Å². The number of rotatable bonds is 4. The number of carbonyl (C=O) groups is 2. The fourth-order valence-corrected chi connectivity index (χ4v) is 3.84. The van der Waals surface area contributed by atoms with Gasteiger partial charge in [0.2, 0.25) is 0 Å². The average molecular weight is 362 g/mol. The van der Waals surface area contributed by atoms with Crippen LogP contribution in [0.3, 0.4) is 0 Å². The molecular weight excluding hydrogens is 346 g/mol.